The van der Waals surface area contributed by atoms with Crippen LogP contribution in [0.4, 0.5) is 10.5 Å². The molecule has 3 amide bonds. The number of ether oxygens (including phenoxy) is 2. The molecule has 8 nitrogen and oxygen atoms in total. The number of urea groups is 1. The molecule has 1 aliphatic rings. The van der Waals surface area contributed by atoms with Gasteiger partial charge in [0.2, 0.25) is 11.8 Å². The fourth-order valence-electron chi connectivity index (χ4n) is 2.81. The number of nitrogens with one attached hydrogen (secondary N) is 2. The molecule has 0 spiro atoms. The molecule has 28 heavy (non-hydrogen) atoms. The quantitative estimate of drug-likeness (QED) is 0.824. The lowest BCUT2D eigenvalue weighted by atomic mass is 9.81. The van der Waals surface area contributed by atoms with Crippen LogP contribution in [0.2, 0.25) is 0 Å². The van der Waals surface area contributed by atoms with E-state index in [0.717, 1.165) is 5.56 Å². The Balaban J connectivity index is 1.55. The van der Waals surface area contributed by atoms with Crippen LogP contribution in [-0.4, -0.2) is 30.1 Å². The minimum absolute atomic E-state index is 0.0969. The molecule has 144 valence electrons. The van der Waals surface area contributed by atoms with Crippen LogP contribution >= 0.6 is 0 Å². The average Bonchev–Trinajstić information content (AvgIpc) is 2.63. The maximum Gasteiger partial charge on any atom is 0.325 e. The smallest absolute Gasteiger partial charge is 0.325 e. The first kappa shape index (κ1) is 19.3. The number of carbonyl (C=O) groups is 2. The number of aromatic nitrogens is 1. The number of carbonyl (C=O) groups excluding carboxylic acids is 2. The zero-order valence-electron chi connectivity index (χ0n) is 15.6. The molecule has 0 atom stereocenters. The molecular formula is C20H20N4O4. The van der Waals surface area contributed by atoms with Crippen molar-refractivity contribution in [1.29, 1.82) is 5.26 Å². The number of nitrogens with zero attached hydrogens (tertiary/aromatic N) is 2. The Morgan fingerprint density at radius 1 is 1.25 bits per heavy atom. The van der Waals surface area contributed by atoms with Crippen LogP contribution < -0.4 is 15.4 Å². The Kier molecular flexibility index (Phi) is 5.87. The highest BCUT2D eigenvalue weighted by atomic mass is 16.5. The Hall–Kier alpha value is -3.44. The number of rotatable bonds is 5. The summed E-state index contributed by atoms with van der Waals surface area (Å²) < 4.78 is 10.8. The minimum Gasteiger partial charge on any atom is -0.439 e. The van der Waals surface area contributed by atoms with E-state index in [1.165, 1.54) is 6.20 Å². The maximum absolute atomic E-state index is 12.0. The van der Waals surface area contributed by atoms with Gasteiger partial charge >= 0.3 is 6.03 Å². The van der Waals surface area contributed by atoms with Crippen LogP contribution in [0, 0.1) is 24.2 Å². The van der Waals surface area contributed by atoms with Gasteiger partial charge in [0.25, 0.3) is 0 Å². The van der Waals surface area contributed by atoms with Gasteiger partial charge in [-0.05, 0) is 49.6 Å². The number of imide groups is 1. The van der Waals surface area contributed by atoms with Crippen LogP contribution in [0.5, 0.6) is 11.6 Å². The van der Waals surface area contributed by atoms with Gasteiger partial charge in [-0.25, -0.2) is 9.78 Å². The summed E-state index contributed by atoms with van der Waals surface area (Å²) in [6, 6.07) is 9.74. The van der Waals surface area contributed by atoms with Crippen molar-refractivity contribution >= 4 is 17.6 Å². The monoisotopic (exact) mass is 380 g/mol. The number of nitriles is 1. The third-order valence-electron chi connectivity index (χ3n) is 4.55. The number of aryl methyl sites for hydroxylation is 1. The second kappa shape index (κ2) is 8.50. The average molecular weight is 380 g/mol. The third-order valence-corrected chi connectivity index (χ3v) is 4.55. The lowest BCUT2D eigenvalue weighted by molar-refractivity contribution is -0.131. The molecule has 1 heterocycles. The standard InChI is InChI=1S/C20H20N4O4/c1-12-7-15(23-20(26)24-19(25)14-8-16(9-14)27-2)4-5-17(12)28-18-6-3-13(10-21)11-22-18/h3-7,11,14,16H,8-9H2,1-2H3,(H2,23,24,25,26). The number of anilines is 1. The van der Waals surface area contributed by atoms with E-state index in [2.05, 4.69) is 15.6 Å². The van der Waals surface area contributed by atoms with Crippen molar-refractivity contribution in [2.45, 2.75) is 25.9 Å². The highest BCUT2D eigenvalue weighted by Crippen LogP contribution is 2.30. The molecule has 1 saturated carbocycles. The molecule has 2 N–H and O–H groups in total. The first-order chi connectivity index (χ1) is 13.5. The summed E-state index contributed by atoms with van der Waals surface area (Å²) in [5.74, 6) is 0.447. The largest absolute Gasteiger partial charge is 0.439 e. The second-order valence-corrected chi connectivity index (χ2v) is 6.55. The molecule has 1 fully saturated rings. The summed E-state index contributed by atoms with van der Waals surface area (Å²) in [4.78, 5) is 28.1. The Bertz CT molecular complexity index is 915. The van der Waals surface area contributed by atoms with E-state index < -0.39 is 6.03 Å². The summed E-state index contributed by atoms with van der Waals surface area (Å²) in [7, 11) is 1.61. The third kappa shape index (κ3) is 4.64. The summed E-state index contributed by atoms with van der Waals surface area (Å²) >= 11 is 0. The first-order valence-electron chi connectivity index (χ1n) is 8.77. The van der Waals surface area contributed by atoms with Crippen LogP contribution in [-0.2, 0) is 9.53 Å². The highest BCUT2D eigenvalue weighted by Gasteiger charge is 2.35. The summed E-state index contributed by atoms with van der Waals surface area (Å²) in [6.45, 7) is 1.83. The Labute approximate surface area is 162 Å². The Morgan fingerprint density at radius 2 is 2.04 bits per heavy atom. The number of amides is 3. The second-order valence-electron chi connectivity index (χ2n) is 6.55. The number of hydrogen-bond donors (Lipinski definition) is 2. The van der Waals surface area contributed by atoms with E-state index in [-0.39, 0.29) is 17.9 Å². The molecule has 0 bridgehead atoms. The number of hydrogen-bond acceptors (Lipinski definition) is 6. The van der Waals surface area contributed by atoms with Crippen molar-refractivity contribution in [2.75, 3.05) is 12.4 Å². The van der Waals surface area contributed by atoms with Crippen LogP contribution in [0.25, 0.3) is 0 Å². The van der Waals surface area contributed by atoms with Crippen molar-refractivity contribution in [3.05, 3.63) is 47.7 Å². The van der Waals surface area contributed by atoms with Crippen molar-refractivity contribution in [3.8, 4) is 17.7 Å². The Morgan fingerprint density at radius 3 is 2.64 bits per heavy atom. The molecule has 8 heteroatoms. The summed E-state index contributed by atoms with van der Waals surface area (Å²) in [5, 5.41) is 13.8. The first-order valence-corrected chi connectivity index (χ1v) is 8.77. The van der Waals surface area contributed by atoms with Crippen molar-refractivity contribution in [3.63, 3.8) is 0 Å². The van der Waals surface area contributed by atoms with Crippen LogP contribution in [0.15, 0.2) is 36.5 Å². The fraction of sp³-hybridized carbons (Fsp3) is 0.300. The molecule has 0 radical (unpaired) electrons. The lowest BCUT2D eigenvalue weighted by Crippen LogP contribution is -2.45. The molecule has 0 unspecified atom stereocenters. The zero-order chi connectivity index (χ0) is 20.1. The maximum atomic E-state index is 12.0. The normalized spacial score (nSPS) is 17.8. The molecule has 0 aliphatic heterocycles. The van der Waals surface area contributed by atoms with Gasteiger partial charge in [-0.3, -0.25) is 10.1 Å². The van der Waals surface area contributed by atoms with E-state index >= 15 is 0 Å². The van der Waals surface area contributed by atoms with E-state index in [4.69, 9.17) is 14.7 Å². The summed E-state index contributed by atoms with van der Waals surface area (Å²) in [6.07, 6.45) is 2.78. The predicted molar refractivity (Wildman–Crippen MR) is 101 cm³/mol. The molecular weight excluding hydrogens is 360 g/mol. The van der Waals surface area contributed by atoms with Gasteiger partial charge in [0.05, 0.1) is 11.7 Å². The van der Waals surface area contributed by atoms with Gasteiger partial charge in [0.15, 0.2) is 0 Å². The van der Waals surface area contributed by atoms with E-state index in [1.54, 1.807) is 37.4 Å². The van der Waals surface area contributed by atoms with Crippen molar-refractivity contribution in [1.82, 2.24) is 10.3 Å². The fourth-order valence-corrected chi connectivity index (χ4v) is 2.81. The van der Waals surface area contributed by atoms with E-state index in [1.807, 2.05) is 13.0 Å². The minimum atomic E-state index is -0.576. The van der Waals surface area contributed by atoms with Crippen LogP contribution in [0.3, 0.4) is 0 Å². The van der Waals surface area contributed by atoms with E-state index in [9.17, 15) is 9.59 Å². The molecule has 1 aromatic heterocycles. The van der Waals surface area contributed by atoms with Crippen molar-refractivity contribution in [2.24, 2.45) is 5.92 Å². The van der Waals surface area contributed by atoms with Crippen LogP contribution in [0.1, 0.15) is 24.0 Å². The molecule has 3 rings (SSSR count). The molecule has 1 aliphatic carbocycles. The topological polar surface area (TPSA) is 113 Å². The highest BCUT2D eigenvalue weighted by molar-refractivity contribution is 6.02. The lowest BCUT2D eigenvalue weighted by Gasteiger charge is -2.32. The van der Waals surface area contributed by atoms with Gasteiger partial charge < -0.3 is 14.8 Å². The number of pyridine rings is 1. The molecule has 1 aromatic carbocycles. The van der Waals surface area contributed by atoms with Gasteiger partial charge in [-0.15, -0.1) is 0 Å². The van der Waals surface area contributed by atoms with E-state index in [0.29, 0.717) is 35.7 Å². The number of benzene rings is 1. The zero-order valence-corrected chi connectivity index (χ0v) is 15.6. The summed E-state index contributed by atoms with van der Waals surface area (Å²) in [5.41, 5.74) is 1.76. The SMILES string of the molecule is COC1CC(C(=O)NC(=O)Nc2ccc(Oc3ccc(C#N)cn3)c(C)c2)C1. The van der Waals surface area contributed by atoms with Gasteiger partial charge in [0.1, 0.15) is 11.8 Å². The molecule has 0 saturated heterocycles. The van der Waals surface area contributed by atoms with Gasteiger partial charge in [0, 0.05) is 31.0 Å². The van der Waals surface area contributed by atoms with Gasteiger partial charge in [-0.1, -0.05) is 0 Å². The number of methoxy groups -OCH3 is 1. The van der Waals surface area contributed by atoms with Crippen molar-refractivity contribution < 1.29 is 19.1 Å². The predicted octanol–water partition coefficient (Wildman–Crippen LogP) is 3.13. The molecule has 2 aromatic rings. The van der Waals surface area contributed by atoms with Gasteiger partial charge in [-0.2, -0.15) is 5.26 Å².